The van der Waals surface area contributed by atoms with Gasteiger partial charge in [0.05, 0.1) is 25.9 Å². The largest absolute Gasteiger partial charge is 0.494 e. The van der Waals surface area contributed by atoms with Crippen LogP contribution in [0.15, 0.2) is 72.9 Å². The summed E-state index contributed by atoms with van der Waals surface area (Å²) < 4.78 is 6.32. The van der Waals surface area contributed by atoms with Gasteiger partial charge < -0.3 is 19.3 Å². The first-order chi connectivity index (χ1) is 14.0. The van der Waals surface area contributed by atoms with Crippen molar-refractivity contribution in [3.8, 4) is 5.88 Å². The van der Waals surface area contributed by atoms with Crippen molar-refractivity contribution in [3.05, 3.63) is 84.1 Å². The molecule has 0 aliphatic heterocycles. The van der Waals surface area contributed by atoms with Crippen LogP contribution >= 0.6 is 0 Å². The molecule has 0 saturated heterocycles. The van der Waals surface area contributed by atoms with E-state index in [0.717, 1.165) is 11.1 Å². The molecule has 1 heterocycles. The van der Waals surface area contributed by atoms with E-state index < -0.39 is 5.97 Å². The first-order valence-electron chi connectivity index (χ1n) is 9.35. The zero-order valence-corrected chi connectivity index (χ0v) is 16.3. The molecule has 3 aromatic rings. The molecule has 2 aromatic carbocycles. The normalized spacial score (nSPS) is 10.5. The molecule has 0 unspecified atom stereocenters. The Hall–Kier alpha value is -3.54. The Balaban J connectivity index is 1.82. The van der Waals surface area contributed by atoms with Gasteiger partial charge in [0.2, 0.25) is 0 Å². The molecule has 0 radical (unpaired) electrons. The van der Waals surface area contributed by atoms with Gasteiger partial charge in [-0.3, -0.25) is 9.59 Å². The van der Waals surface area contributed by atoms with Crippen LogP contribution in [0.5, 0.6) is 5.88 Å². The van der Waals surface area contributed by atoms with E-state index in [-0.39, 0.29) is 24.6 Å². The Labute approximate surface area is 170 Å². The summed E-state index contributed by atoms with van der Waals surface area (Å²) in [6.45, 7) is 1.03. The third-order valence-corrected chi connectivity index (χ3v) is 4.57. The van der Waals surface area contributed by atoms with Gasteiger partial charge in [0.15, 0.2) is 11.7 Å². The van der Waals surface area contributed by atoms with E-state index in [1.807, 2.05) is 71.8 Å². The predicted octanol–water partition coefficient (Wildman–Crippen LogP) is 3.38. The van der Waals surface area contributed by atoms with Crippen molar-refractivity contribution >= 4 is 17.4 Å². The lowest BCUT2D eigenvalue weighted by Gasteiger charge is -2.22. The quantitative estimate of drug-likeness (QED) is 0.446. The molecule has 150 valence electrons. The number of ketones is 1. The van der Waals surface area contributed by atoms with E-state index >= 15 is 0 Å². The highest BCUT2D eigenvalue weighted by Crippen LogP contribution is 2.26. The van der Waals surface area contributed by atoms with Crippen molar-refractivity contribution in [2.45, 2.75) is 19.5 Å². The van der Waals surface area contributed by atoms with Gasteiger partial charge in [0, 0.05) is 18.8 Å². The predicted molar refractivity (Wildman–Crippen MR) is 111 cm³/mol. The number of benzene rings is 2. The molecule has 6 nitrogen and oxygen atoms in total. The second kappa shape index (κ2) is 9.59. The zero-order chi connectivity index (χ0) is 20.6. The van der Waals surface area contributed by atoms with Gasteiger partial charge in [0.1, 0.15) is 6.42 Å². The van der Waals surface area contributed by atoms with E-state index in [0.29, 0.717) is 18.8 Å². The summed E-state index contributed by atoms with van der Waals surface area (Å²) in [6, 6.07) is 21.2. The smallest absolute Gasteiger partial charge is 0.313 e. The average Bonchev–Trinajstić information content (AvgIpc) is 3.09. The standard InChI is InChI=1S/C23H24N2O4/c1-29-23(28)13-21(26)17-24(14-18-8-4-2-5-9-18)20-12-22(27)25(16-20)15-19-10-6-3-7-11-19/h2-12,16,27H,13-15,17H2,1H3. The number of ether oxygens (including phenoxy) is 1. The number of nitrogens with zero attached hydrogens (tertiary/aromatic N) is 2. The Morgan fingerprint density at radius 2 is 1.62 bits per heavy atom. The van der Waals surface area contributed by atoms with Crippen molar-refractivity contribution < 1.29 is 19.4 Å². The minimum Gasteiger partial charge on any atom is -0.494 e. The fourth-order valence-corrected chi connectivity index (χ4v) is 3.10. The molecule has 0 amide bonds. The molecule has 1 aromatic heterocycles. The summed E-state index contributed by atoms with van der Waals surface area (Å²) in [5.41, 5.74) is 2.79. The van der Waals surface area contributed by atoms with Crippen LogP contribution in [0.4, 0.5) is 5.69 Å². The van der Waals surface area contributed by atoms with Gasteiger partial charge in [-0.15, -0.1) is 0 Å². The number of aromatic nitrogens is 1. The summed E-state index contributed by atoms with van der Waals surface area (Å²) in [7, 11) is 1.26. The number of hydrogen-bond donors (Lipinski definition) is 1. The number of aromatic hydroxyl groups is 1. The van der Waals surface area contributed by atoms with Crippen LogP contribution in [0.3, 0.4) is 0 Å². The number of hydrogen-bond acceptors (Lipinski definition) is 5. The van der Waals surface area contributed by atoms with E-state index in [2.05, 4.69) is 4.74 Å². The summed E-state index contributed by atoms with van der Waals surface area (Å²) in [5.74, 6) is -0.690. The molecule has 0 atom stereocenters. The molecule has 0 fully saturated rings. The van der Waals surface area contributed by atoms with Gasteiger partial charge in [0.25, 0.3) is 0 Å². The molecule has 0 saturated carbocycles. The first kappa shape index (κ1) is 20.2. The molecule has 6 heteroatoms. The van der Waals surface area contributed by atoms with Gasteiger partial charge in [-0.1, -0.05) is 60.7 Å². The molecule has 0 bridgehead atoms. The molecule has 29 heavy (non-hydrogen) atoms. The topological polar surface area (TPSA) is 71.8 Å². The lowest BCUT2D eigenvalue weighted by Crippen LogP contribution is -2.30. The maximum atomic E-state index is 12.4. The number of carbonyl (C=O) groups is 2. The average molecular weight is 392 g/mol. The van der Waals surface area contributed by atoms with Gasteiger partial charge >= 0.3 is 5.97 Å². The Bertz CT molecular complexity index is 952. The van der Waals surface area contributed by atoms with Crippen LogP contribution in [0.1, 0.15) is 17.5 Å². The fourth-order valence-electron chi connectivity index (χ4n) is 3.10. The highest BCUT2D eigenvalue weighted by molar-refractivity contribution is 5.97. The zero-order valence-electron chi connectivity index (χ0n) is 16.3. The van der Waals surface area contributed by atoms with E-state index in [9.17, 15) is 14.7 Å². The Morgan fingerprint density at radius 3 is 2.24 bits per heavy atom. The molecular weight excluding hydrogens is 368 g/mol. The molecule has 0 aliphatic carbocycles. The van der Waals surface area contributed by atoms with Gasteiger partial charge in [-0.25, -0.2) is 0 Å². The maximum Gasteiger partial charge on any atom is 0.313 e. The SMILES string of the molecule is COC(=O)CC(=O)CN(Cc1ccccc1)c1cc(O)n(Cc2ccccc2)c1. The van der Waals surface area contributed by atoms with Crippen LogP contribution < -0.4 is 4.90 Å². The van der Waals surface area contributed by atoms with Crippen LogP contribution in [0.25, 0.3) is 0 Å². The number of anilines is 1. The minimum absolute atomic E-state index is 0.0405. The van der Waals surface area contributed by atoms with Gasteiger partial charge in [-0.05, 0) is 11.1 Å². The lowest BCUT2D eigenvalue weighted by molar-refractivity contribution is -0.143. The highest BCUT2D eigenvalue weighted by atomic mass is 16.5. The monoisotopic (exact) mass is 392 g/mol. The van der Waals surface area contributed by atoms with E-state index in [1.54, 1.807) is 10.6 Å². The second-order valence-electron chi connectivity index (χ2n) is 6.80. The molecular formula is C23H24N2O4. The van der Waals surface area contributed by atoms with Crippen LogP contribution in [-0.4, -0.2) is 35.1 Å². The van der Waals surface area contributed by atoms with E-state index in [4.69, 9.17) is 0 Å². The summed E-state index contributed by atoms with van der Waals surface area (Å²) in [5, 5.41) is 10.4. The lowest BCUT2D eigenvalue weighted by atomic mass is 10.2. The second-order valence-corrected chi connectivity index (χ2v) is 6.80. The van der Waals surface area contributed by atoms with Crippen LogP contribution in [0, 0.1) is 0 Å². The number of Topliss-reactive ketones (excluding diaryl/α,β-unsaturated/α-hetero) is 1. The van der Waals surface area contributed by atoms with Crippen molar-refractivity contribution in [1.82, 2.24) is 4.57 Å². The molecule has 1 N–H and O–H groups in total. The summed E-state index contributed by atoms with van der Waals surface area (Å²) >= 11 is 0. The first-order valence-corrected chi connectivity index (χ1v) is 9.35. The summed E-state index contributed by atoms with van der Waals surface area (Å²) in [4.78, 5) is 25.7. The van der Waals surface area contributed by atoms with Gasteiger partial charge in [-0.2, -0.15) is 0 Å². The maximum absolute atomic E-state index is 12.4. The third-order valence-electron chi connectivity index (χ3n) is 4.57. The number of carbonyl (C=O) groups excluding carboxylic acids is 2. The van der Waals surface area contributed by atoms with Crippen molar-refractivity contribution in [2.24, 2.45) is 0 Å². The number of methoxy groups -OCH3 is 1. The summed E-state index contributed by atoms with van der Waals surface area (Å²) in [6.07, 6.45) is 1.54. The van der Waals surface area contributed by atoms with Crippen LogP contribution in [0.2, 0.25) is 0 Å². The minimum atomic E-state index is -0.556. The number of esters is 1. The Morgan fingerprint density at radius 1 is 1.00 bits per heavy atom. The van der Waals surface area contributed by atoms with Crippen molar-refractivity contribution in [1.29, 1.82) is 0 Å². The van der Waals surface area contributed by atoms with Crippen LogP contribution in [-0.2, 0) is 27.4 Å². The third kappa shape index (κ3) is 5.72. The molecule has 0 aliphatic rings. The molecule has 0 spiro atoms. The molecule has 3 rings (SSSR count). The highest BCUT2D eigenvalue weighted by Gasteiger charge is 2.18. The van der Waals surface area contributed by atoms with Crippen molar-refractivity contribution in [3.63, 3.8) is 0 Å². The van der Waals surface area contributed by atoms with E-state index in [1.165, 1.54) is 7.11 Å². The Kier molecular flexibility index (Phi) is 6.68. The number of rotatable bonds is 9. The van der Waals surface area contributed by atoms with Crippen molar-refractivity contribution in [2.75, 3.05) is 18.6 Å². The fraction of sp³-hybridized carbons (Fsp3) is 0.217.